The summed E-state index contributed by atoms with van der Waals surface area (Å²) in [5.41, 5.74) is 4.95. The molecule has 0 aromatic heterocycles. The number of nitrogens with zero attached hydrogens (tertiary/aromatic N) is 1. The van der Waals surface area contributed by atoms with E-state index in [9.17, 15) is 9.59 Å². The quantitative estimate of drug-likeness (QED) is 0.477. The molecule has 1 saturated heterocycles. The van der Waals surface area contributed by atoms with Crippen LogP contribution in [0.25, 0.3) is 0 Å². The Morgan fingerprint density at radius 2 is 2.50 bits per heavy atom. The van der Waals surface area contributed by atoms with Gasteiger partial charge in [-0.25, -0.2) is 0 Å². The third kappa shape index (κ3) is 4.41. The zero-order valence-electron chi connectivity index (χ0n) is 9.22. The molecule has 0 unspecified atom stereocenters. The van der Waals surface area contributed by atoms with E-state index in [0.29, 0.717) is 19.7 Å². The van der Waals surface area contributed by atoms with Crippen molar-refractivity contribution < 1.29 is 19.1 Å². The lowest BCUT2D eigenvalue weighted by atomic mass is 10.2. The molecule has 1 rings (SSSR count). The topological polar surface area (TPSA) is 81.9 Å². The normalized spacial score (nSPS) is 22.3. The highest BCUT2D eigenvalue weighted by molar-refractivity contribution is 5.85. The van der Waals surface area contributed by atoms with Crippen LogP contribution in [-0.2, 0) is 19.1 Å². The highest BCUT2D eigenvalue weighted by Crippen LogP contribution is 2.06. The Hall–Kier alpha value is -1.40. The molecule has 2 N–H and O–H groups in total. The van der Waals surface area contributed by atoms with E-state index in [4.69, 9.17) is 15.2 Å². The van der Waals surface area contributed by atoms with E-state index >= 15 is 0 Å². The van der Waals surface area contributed by atoms with Gasteiger partial charge in [0.05, 0.1) is 13.2 Å². The first-order valence-corrected chi connectivity index (χ1v) is 4.98. The zero-order valence-corrected chi connectivity index (χ0v) is 9.22. The van der Waals surface area contributed by atoms with Gasteiger partial charge >= 0.3 is 5.97 Å². The average molecular weight is 228 g/mol. The van der Waals surface area contributed by atoms with Crippen LogP contribution < -0.4 is 5.73 Å². The molecule has 90 valence electrons. The lowest BCUT2D eigenvalue weighted by Crippen LogP contribution is -2.47. The first-order chi connectivity index (χ1) is 7.61. The third-order valence-electron chi connectivity index (χ3n) is 2.11. The number of rotatable bonds is 5. The summed E-state index contributed by atoms with van der Waals surface area (Å²) in [6.07, 6.45) is 2.67. The Morgan fingerprint density at radius 3 is 3.12 bits per heavy atom. The van der Waals surface area contributed by atoms with E-state index in [1.54, 1.807) is 13.2 Å². The molecule has 0 aromatic rings. The van der Waals surface area contributed by atoms with Crippen molar-refractivity contribution in [3.05, 3.63) is 12.2 Å². The maximum atomic E-state index is 11.2. The number of amides is 1. The number of carbonyl (C=O) groups excluding carboxylic acids is 2. The molecular formula is C10H16N2O4. The first kappa shape index (κ1) is 12.7. The van der Waals surface area contributed by atoms with Gasteiger partial charge in [-0.05, 0) is 6.08 Å². The SMILES string of the molecule is COC[C@H]1CN(CC=CC(N)=O)CC(=O)O1. The van der Waals surface area contributed by atoms with Crippen molar-refractivity contribution in [3.8, 4) is 0 Å². The largest absolute Gasteiger partial charge is 0.458 e. The highest BCUT2D eigenvalue weighted by atomic mass is 16.6. The van der Waals surface area contributed by atoms with Gasteiger partial charge < -0.3 is 15.2 Å². The summed E-state index contributed by atoms with van der Waals surface area (Å²) < 4.78 is 9.99. The lowest BCUT2D eigenvalue weighted by Gasteiger charge is -2.30. The summed E-state index contributed by atoms with van der Waals surface area (Å²) in [5, 5.41) is 0. The van der Waals surface area contributed by atoms with Gasteiger partial charge in [-0.1, -0.05) is 6.08 Å². The van der Waals surface area contributed by atoms with Crippen LogP contribution in [0.2, 0.25) is 0 Å². The second kappa shape index (κ2) is 6.24. The van der Waals surface area contributed by atoms with E-state index in [2.05, 4.69) is 0 Å². The van der Waals surface area contributed by atoms with Gasteiger partial charge in [-0.2, -0.15) is 0 Å². The molecule has 0 spiro atoms. The van der Waals surface area contributed by atoms with Crippen LogP contribution in [0.3, 0.4) is 0 Å². The van der Waals surface area contributed by atoms with Gasteiger partial charge in [0.25, 0.3) is 0 Å². The molecule has 1 aliphatic rings. The fourth-order valence-corrected chi connectivity index (χ4v) is 1.53. The number of morpholine rings is 1. The van der Waals surface area contributed by atoms with Gasteiger partial charge in [-0.15, -0.1) is 0 Å². The van der Waals surface area contributed by atoms with Crippen LogP contribution in [0.1, 0.15) is 0 Å². The van der Waals surface area contributed by atoms with Crippen molar-refractivity contribution >= 4 is 11.9 Å². The fraction of sp³-hybridized carbons (Fsp3) is 0.600. The summed E-state index contributed by atoms with van der Waals surface area (Å²) >= 11 is 0. The molecule has 1 fully saturated rings. The molecule has 1 heterocycles. The van der Waals surface area contributed by atoms with Crippen molar-refractivity contribution in [1.82, 2.24) is 4.90 Å². The monoisotopic (exact) mass is 228 g/mol. The maximum Gasteiger partial charge on any atom is 0.320 e. The molecule has 0 bridgehead atoms. The van der Waals surface area contributed by atoms with Crippen LogP contribution in [0.15, 0.2) is 12.2 Å². The van der Waals surface area contributed by atoms with Gasteiger partial charge in [0.2, 0.25) is 5.91 Å². The van der Waals surface area contributed by atoms with Crippen molar-refractivity contribution in [2.24, 2.45) is 5.73 Å². The number of primary amides is 1. The van der Waals surface area contributed by atoms with Crippen molar-refractivity contribution in [2.75, 3.05) is 33.4 Å². The highest BCUT2D eigenvalue weighted by Gasteiger charge is 2.25. The zero-order chi connectivity index (χ0) is 12.0. The molecule has 1 aliphatic heterocycles. The molecule has 0 saturated carbocycles. The molecule has 0 aliphatic carbocycles. The number of cyclic esters (lactones) is 1. The molecule has 1 atom stereocenters. The molecule has 1 amide bonds. The van der Waals surface area contributed by atoms with Crippen LogP contribution >= 0.6 is 0 Å². The number of methoxy groups -OCH3 is 1. The van der Waals surface area contributed by atoms with E-state index in [1.165, 1.54) is 6.08 Å². The van der Waals surface area contributed by atoms with E-state index in [-0.39, 0.29) is 18.6 Å². The van der Waals surface area contributed by atoms with E-state index in [0.717, 1.165) is 0 Å². The van der Waals surface area contributed by atoms with Crippen LogP contribution in [0.5, 0.6) is 0 Å². The van der Waals surface area contributed by atoms with E-state index in [1.807, 2.05) is 4.90 Å². The minimum absolute atomic E-state index is 0.226. The Kier molecular flexibility index (Phi) is 4.94. The molecular weight excluding hydrogens is 212 g/mol. The van der Waals surface area contributed by atoms with Gasteiger partial charge in [0.15, 0.2) is 0 Å². The van der Waals surface area contributed by atoms with Crippen molar-refractivity contribution in [1.29, 1.82) is 0 Å². The number of hydrogen-bond donors (Lipinski definition) is 1. The number of esters is 1. The Balaban J connectivity index is 2.41. The second-order valence-corrected chi connectivity index (χ2v) is 3.57. The number of hydrogen-bond acceptors (Lipinski definition) is 5. The summed E-state index contributed by atoms with van der Waals surface area (Å²) in [6, 6.07) is 0. The van der Waals surface area contributed by atoms with Crippen molar-refractivity contribution in [3.63, 3.8) is 0 Å². The molecule has 6 heteroatoms. The van der Waals surface area contributed by atoms with Crippen LogP contribution in [0, 0.1) is 0 Å². The summed E-state index contributed by atoms with van der Waals surface area (Å²) in [6.45, 7) is 1.70. The molecule has 16 heavy (non-hydrogen) atoms. The molecule has 0 radical (unpaired) electrons. The molecule has 6 nitrogen and oxygen atoms in total. The lowest BCUT2D eigenvalue weighted by molar-refractivity contribution is -0.161. The van der Waals surface area contributed by atoms with Crippen LogP contribution in [0.4, 0.5) is 0 Å². The Bertz CT molecular complexity index is 291. The summed E-state index contributed by atoms with van der Waals surface area (Å²) in [7, 11) is 1.56. The maximum absolute atomic E-state index is 11.2. The van der Waals surface area contributed by atoms with Gasteiger partial charge in [0, 0.05) is 20.2 Å². The van der Waals surface area contributed by atoms with Crippen LogP contribution in [-0.4, -0.2) is 56.2 Å². The predicted octanol–water partition coefficient (Wildman–Crippen LogP) is -1.10. The fourth-order valence-electron chi connectivity index (χ4n) is 1.53. The number of nitrogens with two attached hydrogens (primary N) is 1. The van der Waals surface area contributed by atoms with Crippen molar-refractivity contribution in [2.45, 2.75) is 6.10 Å². The summed E-state index contributed by atoms with van der Waals surface area (Å²) in [4.78, 5) is 23.6. The number of carbonyl (C=O) groups is 2. The van der Waals surface area contributed by atoms with Gasteiger partial charge in [-0.3, -0.25) is 14.5 Å². The summed E-state index contributed by atoms with van der Waals surface area (Å²) in [5.74, 6) is -0.770. The molecule has 0 aromatic carbocycles. The van der Waals surface area contributed by atoms with E-state index < -0.39 is 5.91 Å². The minimum Gasteiger partial charge on any atom is -0.458 e. The van der Waals surface area contributed by atoms with Gasteiger partial charge in [0.1, 0.15) is 6.10 Å². The standard InChI is InChI=1S/C10H16N2O4/c1-15-7-8-5-12(6-10(14)16-8)4-2-3-9(11)13/h2-3,8H,4-7H2,1H3,(H2,11,13)/t8-/m1/s1. The minimum atomic E-state index is -0.493. The first-order valence-electron chi connectivity index (χ1n) is 4.98. The average Bonchev–Trinajstić information content (AvgIpc) is 2.16. The third-order valence-corrected chi connectivity index (χ3v) is 2.11. The Labute approximate surface area is 94.0 Å². The number of ether oxygens (including phenoxy) is 2. The predicted molar refractivity (Wildman–Crippen MR) is 56.5 cm³/mol. The smallest absolute Gasteiger partial charge is 0.320 e. The Morgan fingerprint density at radius 1 is 1.75 bits per heavy atom. The second-order valence-electron chi connectivity index (χ2n) is 3.57.